The van der Waals surface area contributed by atoms with Crippen molar-refractivity contribution in [2.45, 2.75) is 56.5 Å². The van der Waals surface area contributed by atoms with Gasteiger partial charge >= 0.3 is 0 Å². The number of aryl methyl sites for hydroxylation is 1. The molecule has 1 saturated carbocycles. The lowest BCUT2D eigenvalue weighted by atomic mass is 10.2. The quantitative estimate of drug-likeness (QED) is 0.785. The molecule has 5 nitrogen and oxygen atoms in total. The molecular weight excluding hydrogens is 260 g/mol. The summed E-state index contributed by atoms with van der Waals surface area (Å²) in [5.41, 5.74) is 0.919. The minimum atomic E-state index is 0.412. The van der Waals surface area contributed by atoms with E-state index < -0.39 is 0 Å². The molecule has 0 saturated heterocycles. The summed E-state index contributed by atoms with van der Waals surface area (Å²) in [6, 6.07) is 2.57. The van der Waals surface area contributed by atoms with Crippen LogP contribution in [-0.4, -0.2) is 19.9 Å². The highest BCUT2D eigenvalue weighted by atomic mass is 32.2. The van der Waals surface area contributed by atoms with Crippen molar-refractivity contribution >= 4 is 11.8 Å². The van der Waals surface area contributed by atoms with E-state index in [-0.39, 0.29) is 0 Å². The second-order valence-electron chi connectivity index (χ2n) is 5.32. The molecule has 0 bridgehead atoms. The van der Waals surface area contributed by atoms with Gasteiger partial charge in [0.1, 0.15) is 11.6 Å². The number of nitrogens with zero attached hydrogens (tertiary/aromatic N) is 4. The summed E-state index contributed by atoms with van der Waals surface area (Å²) in [7, 11) is 0. The van der Waals surface area contributed by atoms with E-state index in [9.17, 15) is 0 Å². The Morgan fingerprint density at radius 1 is 1.42 bits per heavy atom. The third kappa shape index (κ3) is 2.68. The van der Waals surface area contributed by atoms with Crippen LogP contribution >= 0.6 is 11.8 Å². The van der Waals surface area contributed by atoms with Crippen LogP contribution < -0.4 is 0 Å². The maximum absolute atomic E-state index is 5.23. The highest BCUT2D eigenvalue weighted by Crippen LogP contribution is 2.40. The molecule has 1 aliphatic rings. The third-order valence-electron chi connectivity index (χ3n) is 3.14. The van der Waals surface area contributed by atoms with Gasteiger partial charge in [0.05, 0.1) is 11.4 Å². The maximum atomic E-state index is 5.23. The van der Waals surface area contributed by atoms with Gasteiger partial charge in [-0.3, -0.25) is 0 Å². The summed E-state index contributed by atoms with van der Waals surface area (Å²) in [6.45, 7) is 6.26. The van der Waals surface area contributed by atoms with Crippen molar-refractivity contribution in [1.82, 2.24) is 19.9 Å². The lowest BCUT2D eigenvalue weighted by Crippen LogP contribution is -2.04. The lowest BCUT2D eigenvalue weighted by Gasteiger charge is -2.09. The van der Waals surface area contributed by atoms with E-state index in [1.54, 1.807) is 11.8 Å². The fourth-order valence-electron chi connectivity index (χ4n) is 2.08. The topological polar surface area (TPSA) is 56.7 Å². The number of hydrogen-bond acceptors (Lipinski definition) is 5. The molecule has 19 heavy (non-hydrogen) atoms. The molecule has 0 unspecified atom stereocenters. The summed E-state index contributed by atoms with van der Waals surface area (Å²) in [5, 5.41) is 13.6. The molecule has 0 N–H and O–H groups in total. The van der Waals surface area contributed by atoms with Gasteiger partial charge in [-0.15, -0.1) is 10.2 Å². The molecule has 0 spiro atoms. The van der Waals surface area contributed by atoms with Crippen molar-refractivity contribution in [2.75, 3.05) is 0 Å². The monoisotopic (exact) mass is 278 g/mol. The molecule has 2 aromatic heterocycles. The smallest absolute Gasteiger partial charge is 0.191 e. The standard InChI is InChI=1S/C13H18N4OS/c1-8(2)12-14-15-13(17(12)10-4-5-10)19-7-11-6-9(3)16-18-11/h6,8,10H,4-5,7H2,1-3H3. The first-order valence-corrected chi connectivity index (χ1v) is 7.63. The van der Waals surface area contributed by atoms with Crippen molar-refractivity contribution < 1.29 is 4.52 Å². The number of hydrogen-bond donors (Lipinski definition) is 0. The molecule has 0 atom stereocenters. The van der Waals surface area contributed by atoms with Crippen LogP contribution in [0.25, 0.3) is 0 Å². The normalized spacial score (nSPS) is 15.4. The van der Waals surface area contributed by atoms with Gasteiger partial charge < -0.3 is 9.09 Å². The van der Waals surface area contributed by atoms with Gasteiger partial charge in [-0.1, -0.05) is 30.8 Å². The Bertz CT molecular complexity index is 571. The van der Waals surface area contributed by atoms with Gasteiger partial charge in [0.25, 0.3) is 0 Å². The molecule has 1 fully saturated rings. The fourth-order valence-corrected chi connectivity index (χ4v) is 2.96. The van der Waals surface area contributed by atoms with E-state index in [1.165, 1.54) is 12.8 Å². The number of thioether (sulfide) groups is 1. The molecule has 0 radical (unpaired) electrons. The maximum Gasteiger partial charge on any atom is 0.191 e. The van der Waals surface area contributed by atoms with Crippen molar-refractivity contribution in [3.05, 3.63) is 23.3 Å². The van der Waals surface area contributed by atoms with Crippen LogP contribution in [0.5, 0.6) is 0 Å². The van der Waals surface area contributed by atoms with Crippen LogP contribution in [0, 0.1) is 6.92 Å². The van der Waals surface area contributed by atoms with Crippen molar-refractivity contribution in [3.8, 4) is 0 Å². The predicted octanol–water partition coefficient (Wildman–Crippen LogP) is 3.33. The number of rotatable bonds is 5. The zero-order valence-electron chi connectivity index (χ0n) is 11.5. The van der Waals surface area contributed by atoms with E-state index in [0.717, 1.165) is 28.2 Å². The first-order valence-electron chi connectivity index (χ1n) is 6.65. The molecule has 6 heteroatoms. The van der Waals surface area contributed by atoms with Gasteiger partial charge in [-0.05, 0) is 19.8 Å². The van der Waals surface area contributed by atoms with Crippen LogP contribution in [0.3, 0.4) is 0 Å². The molecule has 102 valence electrons. The Balaban J connectivity index is 1.77. The summed E-state index contributed by atoms with van der Waals surface area (Å²) in [6.07, 6.45) is 2.49. The highest BCUT2D eigenvalue weighted by molar-refractivity contribution is 7.98. The van der Waals surface area contributed by atoms with E-state index in [1.807, 2.05) is 13.0 Å². The van der Waals surface area contributed by atoms with Crippen molar-refractivity contribution in [1.29, 1.82) is 0 Å². The van der Waals surface area contributed by atoms with E-state index in [2.05, 4.69) is 33.8 Å². The molecule has 1 aliphatic carbocycles. The Morgan fingerprint density at radius 3 is 2.79 bits per heavy atom. The van der Waals surface area contributed by atoms with Crippen molar-refractivity contribution in [3.63, 3.8) is 0 Å². The zero-order valence-corrected chi connectivity index (χ0v) is 12.3. The second-order valence-corrected chi connectivity index (χ2v) is 6.26. The van der Waals surface area contributed by atoms with E-state index in [4.69, 9.17) is 4.52 Å². The fraction of sp³-hybridized carbons (Fsp3) is 0.615. The first kappa shape index (κ1) is 12.7. The Hall–Kier alpha value is -1.30. The molecule has 0 aromatic carbocycles. The Morgan fingerprint density at radius 2 is 2.21 bits per heavy atom. The summed E-state index contributed by atoms with van der Waals surface area (Å²) >= 11 is 1.68. The third-order valence-corrected chi connectivity index (χ3v) is 4.11. The lowest BCUT2D eigenvalue weighted by molar-refractivity contribution is 0.391. The van der Waals surface area contributed by atoms with Crippen LogP contribution in [0.1, 0.15) is 55.9 Å². The zero-order chi connectivity index (χ0) is 13.4. The molecule has 3 rings (SSSR count). The average molecular weight is 278 g/mol. The van der Waals surface area contributed by atoms with Gasteiger partial charge in [-0.2, -0.15) is 0 Å². The van der Waals surface area contributed by atoms with Gasteiger partial charge in [0.15, 0.2) is 5.16 Å². The van der Waals surface area contributed by atoms with Crippen LogP contribution in [0.2, 0.25) is 0 Å². The van der Waals surface area contributed by atoms with Gasteiger partial charge in [-0.25, -0.2) is 0 Å². The van der Waals surface area contributed by atoms with Gasteiger partial charge in [0.2, 0.25) is 0 Å². The SMILES string of the molecule is Cc1cc(CSc2nnc(C(C)C)n2C2CC2)on1. The van der Waals surface area contributed by atoms with E-state index >= 15 is 0 Å². The largest absolute Gasteiger partial charge is 0.360 e. The Kier molecular flexibility index (Phi) is 3.35. The van der Waals surface area contributed by atoms with Crippen LogP contribution in [0.15, 0.2) is 15.7 Å². The second kappa shape index (κ2) is 5.00. The Labute approximate surface area is 116 Å². The van der Waals surface area contributed by atoms with Crippen LogP contribution in [-0.2, 0) is 5.75 Å². The molecule has 2 aromatic rings. The summed E-state index contributed by atoms with van der Waals surface area (Å²) in [4.78, 5) is 0. The van der Waals surface area contributed by atoms with E-state index in [0.29, 0.717) is 12.0 Å². The minimum Gasteiger partial charge on any atom is -0.360 e. The summed E-state index contributed by atoms with van der Waals surface area (Å²) < 4.78 is 7.53. The first-order chi connectivity index (χ1) is 9.15. The highest BCUT2D eigenvalue weighted by Gasteiger charge is 2.30. The van der Waals surface area contributed by atoms with Crippen molar-refractivity contribution in [2.24, 2.45) is 0 Å². The minimum absolute atomic E-state index is 0.412. The van der Waals surface area contributed by atoms with Gasteiger partial charge in [0, 0.05) is 18.0 Å². The predicted molar refractivity (Wildman–Crippen MR) is 73.2 cm³/mol. The van der Waals surface area contributed by atoms with Crippen LogP contribution in [0.4, 0.5) is 0 Å². The molecule has 0 amide bonds. The molecular formula is C13H18N4OS. The summed E-state index contributed by atoms with van der Waals surface area (Å²) in [5.74, 6) is 3.15. The average Bonchev–Trinajstić information content (AvgIpc) is 2.98. The molecule has 2 heterocycles. The molecule has 0 aliphatic heterocycles. The number of aromatic nitrogens is 4.